The zero-order valence-electron chi connectivity index (χ0n) is 11.6. The van der Waals surface area contributed by atoms with Crippen LogP contribution in [0.5, 0.6) is 0 Å². The van der Waals surface area contributed by atoms with E-state index >= 15 is 0 Å². The third-order valence-electron chi connectivity index (χ3n) is 3.17. The summed E-state index contributed by atoms with van der Waals surface area (Å²) in [4.78, 5) is 13.6. The lowest BCUT2D eigenvalue weighted by Crippen LogP contribution is -2.42. The molecular formula is C12H21N5O2. The lowest BCUT2D eigenvalue weighted by molar-refractivity contribution is -0.121. The Hall–Kier alpha value is -1.63. The molecule has 1 atom stereocenters. The van der Waals surface area contributed by atoms with E-state index in [2.05, 4.69) is 34.7 Å². The van der Waals surface area contributed by atoms with Crippen LogP contribution in [0.1, 0.15) is 32.6 Å². The lowest BCUT2D eigenvalue weighted by Gasteiger charge is -2.20. The van der Waals surface area contributed by atoms with Gasteiger partial charge in [0.05, 0.1) is 6.54 Å². The van der Waals surface area contributed by atoms with Gasteiger partial charge in [0.1, 0.15) is 6.04 Å². The number of likely N-dealkylation sites (N-methyl/N-ethyl adjacent to an activating group) is 1. The van der Waals surface area contributed by atoms with Gasteiger partial charge in [-0.15, -0.1) is 5.10 Å². The highest BCUT2D eigenvalue weighted by Crippen LogP contribution is 2.24. The van der Waals surface area contributed by atoms with Crippen LogP contribution < -0.4 is 15.5 Å². The number of anilines is 1. The van der Waals surface area contributed by atoms with Crippen molar-refractivity contribution in [1.82, 2.24) is 20.8 Å². The Kier molecular flexibility index (Phi) is 4.36. The molecule has 1 aromatic heterocycles. The van der Waals surface area contributed by atoms with E-state index in [1.54, 1.807) is 7.05 Å². The van der Waals surface area contributed by atoms with E-state index in [-0.39, 0.29) is 11.9 Å². The Bertz CT molecular complexity index is 432. The number of amides is 1. The zero-order chi connectivity index (χ0) is 13.8. The molecule has 0 aliphatic carbocycles. The van der Waals surface area contributed by atoms with Crippen LogP contribution in [-0.4, -0.2) is 41.8 Å². The Morgan fingerprint density at radius 3 is 3.00 bits per heavy atom. The number of aromatic nitrogens is 2. The summed E-state index contributed by atoms with van der Waals surface area (Å²) < 4.78 is 5.60. The number of hydrogen-bond donors (Lipinski definition) is 2. The summed E-state index contributed by atoms with van der Waals surface area (Å²) in [6.45, 7) is 5.43. The van der Waals surface area contributed by atoms with Gasteiger partial charge in [0, 0.05) is 19.6 Å². The molecule has 0 bridgehead atoms. The quantitative estimate of drug-likeness (QED) is 0.797. The Balaban J connectivity index is 2.03. The topological polar surface area (TPSA) is 83.3 Å². The second kappa shape index (κ2) is 6.01. The molecule has 7 nitrogen and oxygen atoms in total. The van der Waals surface area contributed by atoms with Crippen molar-refractivity contribution in [3.05, 3.63) is 5.89 Å². The van der Waals surface area contributed by atoms with Gasteiger partial charge in [-0.1, -0.05) is 18.9 Å². The van der Waals surface area contributed by atoms with Gasteiger partial charge < -0.3 is 20.0 Å². The standard InChI is InChI=1S/C12H21N5O2/c1-8(2)14-7-10-15-16-12(19-10)17-6-4-5-9(17)11(18)13-3/h8-9,14H,4-7H2,1-3H3,(H,13,18). The molecule has 1 aliphatic rings. The molecule has 19 heavy (non-hydrogen) atoms. The van der Waals surface area contributed by atoms with Gasteiger partial charge in [0.15, 0.2) is 0 Å². The van der Waals surface area contributed by atoms with E-state index in [1.165, 1.54) is 0 Å². The molecule has 0 saturated carbocycles. The summed E-state index contributed by atoms with van der Waals surface area (Å²) in [6.07, 6.45) is 1.78. The summed E-state index contributed by atoms with van der Waals surface area (Å²) in [5.74, 6) is 0.545. The minimum absolute atomic E-state index is 0.00226. The zero-order valence-corrected chi connectivity index (χ0v) is 11.6. The number of carbonyl (C=O) groups excluding carboxylic acids is 1. The highest BCUT2D eigenvalue weighted by Gasteiger charge is 2.33. The number of hydrogen-bond acceptors (Lipinski definition) is 6. The van der Waals surface area contributed by atoms with Crippen molar-refractivity contribution in [3.8, 4) is 0 Å². The molecule has 1 aromatic rings. The van der Waals surface area contributed by atoms with Crippen LogP contribution in [-0.2, 0) is 11.3 Å². The molecule has 7 heteroatoms. The summed E-state index contributed by atoms with van der Waals surface area (Å²) in [5.41, 5.74) is 0. The van der Waals surface area contributed by atoms with Crippen LogP contribution in [0.2, 0.25) is 0 Å². The van der Waals surface area contributed by atoms with E-state index in [0.29, 0.717) is 24.5 Å². The van der Waals surface area contributed by atoms with Crippen LogP contribution in [0.4, 0.5) is 6.01 Å². The predicted octanol–water partition coefficient (Wildman–Crippen LogP) is 0.282. The molecule has 1 fully saturated rings. The maximum absolute atomic E-state index is 11.8. The summed E-state index contributed by atoms with van der Waals surface area (Å²) >= 11 is 0. The van der Waals surface area contributed by atoms with Crippen molar-refractivity contribution < 1.29 is 9.21 Å². The third kappa shape index (κ3) is 3.23. The molecule has 2 rings (SSSR count). The van der Waals surface area contributed by atoms with Gasteiger partial charge in [0.2, 0.25) is 11.8 Å². The van der Waals surface area contributed by atoms with E-state index in [1.807, 2.05) is 4.90 Å². The smallest absolute Gasteiger partial charge is 0.318 e. The molecule has 2 N–H and O–H groups in total. The fourth-order valence-corrected chi connectivity index (χ4v) is 2.16. The van der Waals surface area contributed by atoms with Gasteiger partial charge in [-0.05, 0) is 12.8 Å². The third-order valence-corrected chi connectivity index (χ3v) is 3.17. The second-order valence-electron chi connectivity index (χ2n) is 4.98. The Morgan fingerprint density at radius 2 is 2.32 bits per heavy atom. The minimum atomic E-state index is -0.198. The predicted molar refractivity (Wildman–Crippen MR) is 70.7 cm³/mol. The van der Waals surface area contributed by atoms with Gasteiger partial charge in [-0.3, -0.25) is 4.79 Å². The van der Waals surface area contributed by atoms with Gasteiger partial charge in [-0.25, -0.2) is 0 Å². The SMILES string of the molecule is CNC(=O)C1CCCN1c1nnc(CNC(C)C)o1. The number of nitrogens with one attached hydrogen (secondary N) is 2. The second-order valence-corrected chi connectivity index (χ2v) is 4.98. The molecule has 0 spiro atoms. The molecule has 0 aromatic carbocycles. The summed E-state index contributed by atoms with van der Waals surface area (Å²) in [5, 5.41) is 13.9. The number of carbonyl (C=O) groups is 1. The van der Waals surface area contributed by atoms with Crippen molar-refractivity contribution in [3.63, 3.8) is 0 Å². The van der Waals surface area contributed by atoms with Crippen molar-refractivity contribution in [2.45, 2.75) is 45.3 Å². The first-order chi connectivity index (χ1) is 9.11. The fraction of sp³-hybridized carbons (Fsp3) is 0.750. The van der Waals surface area contributed by atoms with Gasteiger partial charge in [-0.2, -0.15) is 0 Å². The van der Waals surface area contributed by atoms with Crippen LogP contribution in [0.25, 0.3) is 0 Å². The normalized spacial score (nSPS) is 19.2. The van der Waals surface area contributed by atoms with Crippen molar-refractivity contribution in [2.24, 2.45) is 0 Å². The van der Waals surface area contributed by atoms with E-state index in [4.69, 9.17) is 4.42 Å². The first kappa shape index (κ1) is 13.8. The first-order valence-electron chi connectivity index (χ1n) is 6.66. The maximum atomic E-state index is 11.8. The van der Waals surface area contributed by atoms with Crippen LogP contribution in [0.3, 0.4) is 0 Å². The Labute approximate surface area is 112 Å². The molecule has 1 amide bonds. The van der Waals surface area contributed by atoms with Crippen LogP contribution in [0.15, 0.2) is 4.42 Å². The molecule has 106 valence electrons. The molecule has 0 radical (unpaired) electrons. The number of rotatable bonds is 5. The molecule has 1 unspecified atom stereocenters. The first-order valence-corrected chi connectivity index (χ1v) is 6.66. The van der Waals surface area contributed by atoms with Crippen molar-refractivity contribution >= 4 is 11.9 Å². The monoisotopic (exact) mass is 267 g/mol. The van der Waals surface area contributed by atoms with Crippen molar-refractivity contribution in [2.75, 3.05) is 18.5 Å². The van der Waals surface area contributed by atoms with Crippen LogP contribution in [0, 0.1) is 0 Å². The highest BCUT2D eigenvalue weighted by atomic mass is 16.4. The lowest BCUT2D eigenvalue weighted by atomic mass is 10.2. The maximum Gasteiger partial charge on any atom is 0.318 e. The van der Waals surface area contributed by atoms with Crippen molar-refractivity contribution in [1.29, 1.82) is 0 Å². The largest absolute Gasteiger partial charge is 0.407 e. The minimum Gasteiger partial charge on any atom is -0.407 e. The molecule has 1 aliphatic heterocycles. The highest BCUT2D eigenvalue weighted by molar-refractivity contribution is 5.84. The fourth-order valence-electron chi connectivity index (χ4n) is 2.16. The number of nitrogens with zero attached hydrogens (tertiary/aromatic N) is 3. The van der Waals surface area contributed by atoms with E-state index in [9.17, 15) is 4.79 Å². The summed E-state index contributed by atoms with van der Waals surface area (Å²) in [7, 11) is 1.64. The average Bonchev–Trinajstić information content (AvgIpc) is 3.03. The molecule has 2 heterocycles. The van der Waals surface area contributed by atoms with E-state index in [0.717, 1.165) is 19.4 Å². The van der Waals surface area contributed by atoms with Gasteiger partial charge in [0.25, 0.3) is 0 Å². The van der Waals surface area contributed by atoms with Gasteiger partial charge >= 0.3 is 6.01 Å². The average molecular weight is 267 g/mol. The molecular weight excluding hydrogens is 246 g/mol. The van der Waals surface area contributed by atoms with Crippen LogP contribution >= 0.6 is 0 Å². The molecule has 1 saturated heterocycles. The summed E-state index contributed by atoms with van der Waals surface area (Å²) in [6, 6.07) is 0.601. The Morgan fingerprint density at radius 1 is 1.53 bits per heavy atom. The van der Waals surface area contributed by atoms with E-state index < -0.39 is 0 Å².